The summed E-state index contributed by atoms with van der Waals surface area (Å²) in [6.45, 7) is 0. The number of nitrogens with one attached hydrogen (secondary N) is 2. The first-order valence-electron chi connectivity index (χ1n) is 6.72. The molecular formula is C14H16N2O8S2. The van der Waals surface area contributed by atoms with Crippen LogP contribution in [0.3, 0.4) is 0 Å². The van der Waals surface area contributed by atoms with Gasteiger partial charge in [-0.2, -0.15) is 16.8 Å². The number of hydrazine groups is 1. The third-order valence-electron chi connectivity index (χ3n) is 2.69. The van der Waals surface area contributed by atoms with Gasteiger partial charge in [-0.15, -0.1) is 4.83 Å². The van der Waals surface area contributed by atoms with Crippen LogP contribution in [0.2, 0.25) is 0 Å². The molecule has 0 atom stereocenters. The third kappa shape index (κ3) is 8.04. The van der Waals surface area contributed by atoms with Crippen molar-refractivity contribution in [1.29, 1.82) is 0 Å². The summed E-state index contributed by atoms with van der Waals surface area (Å²) in [5.41, 5.74) is 2.71. The molecule has 0 heterocycles. The summed E-state index contributed by atoms with van der Waals surface area (Å²) in [5.74, 6) is 0.713. The van der Waals surface area contributed by atoms with E-state index >= 15 is 0 Å². The van der Waals surface area contributed by atoms with E-state index < -0.39 is 25.3 Å². The Kier molecular flexibility index (Phi) is 7.67. The van der Waals surface area contributed by atoms with Gasteiger partial charge in [-0.3, -0.25) is 13.9 Å². The van der Waals surface area contributed by atoms with Crippen molar-refractivity contribution in [3.63, 3.8) is 0 Å². The van der Waals surface area contributed by atoms with Crippen molar-refractivity contribution in [2.45, 2.75) is 4.90 Å². The van der Waals surface area contributed by atoms with Gasteiger partial charge in [-0.1, -0.05) is 18.2 Å². The maximum Gasteiger partial charge on any atom is 0.350 e. The van der Waals surface area contributed by atoms with Crippen LogP contribution in [0.15, 0.2) is 53.4 Å². The Morgan fingerprint density at radius 3 is 2.19 bits per heavy atom. The Morgan fingerprint density at radius 2 is 1.65 bits per heavy atom. The molecule has 0 spiro atoms. The fourth-order valence-electron chi connectivity index (χ4n) is 1.57. The lowest BCUT2D eigenvalue weighted by atomic mass is 10.2. The van der Waals surface area contributed by atoms with E-state index in [1.165, 1.54) is 17.0 Å². The highest BCUT2D eigenvalue weighted by atomic mass is 32.2. The second kappa shape index (κ2) is 9.26. The van der Waals surface area contributed by atoms with Gasteiger partial charge < -0.3 is 10.2 Å². The highest BCUT2D eigenvalue weighted by molar-refractivity contribution is 7.85. The number of hydrogen-bond acceptors (Lipinski definition) is 7. The topological polar surface area (TPSA) is 159 Å². The molecule has 0 aliphatic rings. The Hall–Kier alpha value is -2.51. The van der Waals surface area contributed by atoms with Gasteiger partial charge in [0.2, 0.25) is 0 Å². The van der Waals surface area contributed by atoms with Gasteiger partial charge >= 0.3 is 10.3 Å². The zero-order valence-electron chi connectivity index (χ0n) is 13.4. The van der Waals surface area contributed by atoms with Crippen LogP contribution in [0.5, 0.6) is 5.75 Å². The van der Waals surface area contributed by atoms with E-state index in [9.17, 15) is 21.6 Å². The Labute approximate surface area is 150 Å². The van der Waals surface area contributed by atoms with Gasteiger partial charge in [0.1, 0.15) is 12.0 Å². The first-order chi connectivity index (χ1) is 12.0. The van der Waals surface area contributed by atoms with Crippen molar-refractivity contribution < 1.29 is 35.5 Å². The first-order valence-corrected chi connectivity index (χ1v) is 9.60. The summed E-state index contributed by atoms with van der Waals surface area (Å²) in [5, 5.41) is 0. The van der Waals surface area contributed by atoms with Gasteiger partial charge in [0.25, 0.3) is 10.1 Å². The summed E-state index contributed by atoms with van der Waals surface area (Å²) in [4.78, 5) is 11.3. The molecular weight excluding hydrogens is 388 g/mol. The van der Waals surface area contributed by atoms with Gasteiger partial charge in [0.05, 0.1) is 17.7 Å². The molecule has 12 heteroatoms. The van der Waals surface area contributed by atoms with Gasteiger partial charge in [0, 0.05) is 5.56 Å². The summed E-state index contributed by atoms with van der Waals surface area (Å²) in [6.07, 6.45) is 0.794. The van der Waals surface area contributed by atoms with Crippen LogP contribution in [0.25, 0.3) is 0 Å². The molecule has 26 heavy (non-hydrogen) atoms. The Bertz CT molecular complexity index is 958. The van der Waals surface area contributed by atoms with E-state index in [0.717, 1.165) is 18.4 Å². The average Bonchev–Trinajstić information content (AvgIpc) is 2.59. The monoisotopic (exact) mass is 404 g/mol. The highest BCUT2D eigenvalue weighted by Gasteiger charge is 2.10. The molecule has 0 saturated heterocycles. The lowest BCUT2D eigenvalue weighted by Gasteiger charge is -2.06. The number of carbonyl (C=O) groups excluding carboxylic acids is 1. The third-order valence-corrected chi connectivity index (χ3v) is 3.90. The maximum absolute atomic E-state index is 10.7. The standard InChI is InChI=1S/C8H8O2.C6H8N2O6S2/c1-10-8-4-2-3-7(5-8)6-9;9-15(10,11)6-3-1-2-5(4-6)7-8-16(12,13)14/h2-6H,1H3;1-4,7-8H,(H,9,10,11)(H,12,13,14). The molecule has 4 N–H and O–H groups in total. The summed E-state index contributed by atoms with van der Waals surface area (Å²) >= 11 is 0. The van der Waals surface area contributed by atoms with E-state index in [1.54, 1.807) is 31.4 Å². The molecule has 0 amide bonds. The molecule has 0 unspecified atom stereocenters. The van der Waals surface area contributed by atoms with E-state index in [-0.39, 0.29) is 5.69 Å². The second-order valence-corrected chi connectivity index (χ2v) is 7.18. The number of rotatable bonds is 6. The van der Waals surface area contributed by atoms with Crippen LogP contribution >= 0.6 is 0 Å². The average molecular weight is 404 g/mol. The van der Waals surface area contributed by atoms with Crippen molar-refractivity contribution in [3.8, 4) is 5.75 Å². The van der Waals surface area contributed by atoms with Crippen molar-refractivity contribution in [1.82, 2.24) is 4.83 Å². The molecule has 0 aliphatic carbocycles. The summed E-state index contributed by atoms with van der Waals surface area (Å²) in [6, 6.07) is 11.7. The van der Waals surface area contributed by atoms with E-state index in [1.807, 2.05) is 5.43 Å². The molecule has 0 bridgehead atoms. The molecule has 0 saturated carbocycles. The van der Waals surface area contributed by atoms with E-state index in [2.05, 4.69) is 0 Å². The summed E-state index contributed by atoms with van der Waals surface area (Å²) in [7, 11) is -7.23. The second-order valence-electron chi connectivity index (χ2n) is 4.60. The minimum absolute atomic E-state index is 0.0350. The van der Waals surface area contributed by atoms with Crippen molar-refractivity contribution >= 4 is 32.4 Å². The van der Waals surface area contributed by atoms with Gasteiger partial charge in [0.15, 0.2) is 0 Å². The van der Waals surface area contributed by atoms with Crippen LogP contribution in [0.4, 0.5) is 5.69 Å². The fraction of sp³-hybridized carbons (Fsp3) is 0.0714. The number of methoxy groups -OCH3 is 1. The first kappa shape index (κ1) is 21.5. The molecule has 0 aliphatic heterocycles. The maximum atomic E-state index is 10.7. The van der Waals surface area contributed by atoms with Crippen LogP contribution < -0.4 is 15.0 Å². The molecule has 0 aromatic heterocycles. The Balaban J connectivity index is 0.000000289. The molecule has 2 rings (SSSR count). The fourth-order valence-corrected chi connectivity index (χ4v) is 2.35. The Morgan fingerprint density at radius 1 is 1.00 bits per heavy atom. The molecule has 142 valence electrons. The molecule has 10 nitrogen and oxygen atoms in total. The molecule has 0 radical (unpaired) electrons. The van der Waals surface area contributed by atoms with Gasteiger partial charge in [-0.25, -0.2) is 0 Å². The lowest BCUT2D eigenvalue weighted by molar-refractivity contribution is 0.112. The largest absolute Gasteiger partial charge is 0.497 e. The number of ether oxygens (including phenoxy) is 1. The van der Waals surface area contributed by atoms with Gasteiger partial charge in [-0.05, 0) is 30.3 Å². The van der Waals surface area contributed by atoms with Crippen LogP contribution in [-0.2, 0) is 20.4 Å². The number of aldehydes is 1. The van der Waals surface area contributed by atoms with E-state index in [4.69, 9.17) is 13.8 Å². The molecule has 0 fully saturated rings. The quantitative estimate of drug-likeness (QED) is 0.315. The van der Waals surface area contributed by atoms with Crippen LogP contribution in [0.1, 0.15) is 10.4 Å². The van der Waals surface area contributed by atoms with E-state index in [0.29, 0.717) is 11.3 Å². The summed E-state index contributed by atoms with van der Waals surface area (Å²) < 4.78 is 64.0. The molecule has 2 aromatic rings. The number of anilines is 1. The highest BCUT2D eigenvalue weighted by Crippen LogP contribution is 2.14. The normalized spacial score (nSPS) is 11.0. The zero-order valence-corrected chi connectivity index (χ0v) is 15.0. The van der Waals surface area contributed by atoms with Crippen molar-refractivity contribution in [2.24, 2.45) is 0 Å². The number of hydrogen-bond donors (Lipinski definition) is 4. The number of benzene rings is 2. The predicted molar refractivity (Wildman–Crippen MR) is 92.9 cm³/mol. The molecule has 2 aromatic carbocycles. The SMILES string of the molecule is COc1cccc(C=O)c1.O=S(=O)(O)NNc1cccc(S(=O)(=O)O)c1. The van der Waals surface area contributed by atoms with Crippen molar-refractivity contribution in [3.05, 3.63) is 54.1 Å². The predicted octanol–water partition coefficient (Wildman–Crippen LogP) is 1.16. The minimum Gasteiger partial charge on any atom is -0.497 e. The smallest absolute Gasteiger partial charge is 0.350 e. The van der Waals surface area contributed by atoms with Crippen LogP contribution in [-0.4, -0.2) is 39.3 Å². The number of carbonyl (C=O) groups is 1. The minimum atomic E-state index is -4.44. The van der Waals surface area contributed by atoms with Crippen LogP contribution in [0, 0.1) is 0 Å². The van der Waals surface area contributed by atoms with Crippen molar-refractivity contribution in [2.75, 3.05) is 12.5 Å². The lowest BCUT2D eigenvalue weighted by Crippen LogP contribution is -2.28. The zero-order chi connectivity index (χ0) is 19.8.